The lowest BCUT2D eigenvalue weighted by molar-refractivity contribution is 1.96. The van der Waals surface area contributed by atoms with Crippen LogP contribution in [0.1, 0.15) is 0 Å². The Bertz CT molecular complexity index is 108. The van der Waals surface area contributed by atoms with E-state index in [0.29, 0.717) is 6.16 Å². The number of hydrogen-bond donors (Lipinski definition) is 0. The topological polar surface area (TPSA) is 0 Å². The Morgan fingerprint density at radius 2 is 2.33 bits per heavy atom. The fraction of sp³-hybridized carbons (Fsp3) is 0.200. The van der Waals surface area contributed by atoms with Gasteiger partial charge in [-0.05, 0) is 11.8 Å². The fourth-order valence-corrected chi connectivity index (χ4v) is 0.184. The highest BCUT2D eigenvalue weighted by Gasteiger charge is 1.41. The first-order chi connectivity index (χ1) is 2.91. The minimum Gasteiger partial charge on any atom is -0.545 e. The van der Waals surface area contributed by atoms with Gasteiger partial charge in [0.2, 0.25) is 0 Å². The molecule has 0 aliphatic rings. The Labute approximate surface area is 40.5 Å². The Hall–Kier alpha value is -0.450. The van der Waals surface area contributed by atoms with Gasteiger partial charge in [0, 0.05) is 0 Å². The van der Waals surface area contributed by atoms with Gasteiger partial charge >= 0.3 is 0 Å². The molecule has 0 radical (unpaired) electrons. The molecule has 0 nitrogen and oxygen atoms in total. The summed E-state index contributed by atoms with van der Waals surface area (Å²) in [5.74, 6) is 7.23. The van der Waals surface area contributed by atoms with Gasteiger partial charge in [0.15, 0.2) is 0 Å². The van der Waals surface area contributed by atoms with Gasteiger partial charge in [-0.2, -0.15) is 0 Å². The van der Waals surface area contributed by atoms with Crippen molar-refractivity contribution in [2.75, 3.05) is 6.16 Å². The molecule has 0 aromatic carbocycles. The quantitative estimate of drug-likeness (QED) is 0.308. The lowest BCUT2D eigenvalue weighted by Gasteiger charge is -1.73. The molecule has 0 aliphatic heterocycles. The Morgan fingerprint density at radius 3 is 2.50 bits per heavy atom. The molecule has 0 unspecified atom stereocenters. The molecule has 0 aromatic heterocycles. The van der Waals surface area contributed by atoms with Gasteiger partial charge in [-0.15, -0.1) is 18.5 Å². The summed E-state index contributed by atoms with van der Waals surface area (Å²) < 4.78 is 0. The maximum Gasteiger partial charge on any atom is -0.0182 e. The molecule has 0 saturated carbocycles. The van der Waals surface area contributed by atoms with Gasteiger partial charge < -0.3 is 9.24 Å². The summed E-state index contributed by atoms with van der Waals surface area (Å²) in [5, 5.41) is 0. The molecule has 0 N–H and O–H groups in total. The molecule has 0 fully saturated rings. The SMILES string of the molecule is C#CC#CC[PH-]. The largest absolute Gasteiger partial charge is 0.545 e. The van der Waals surface area contributed by atoms with E-state index in [1.807, 2.05) is 0 Å². The molecule has 0 saturated heterocycles. The first kappa shape index (κ1) is 5.55. The third-order valence-corrected chi connectivity index (χ3v) is 0.426. The third-order valence-electron chi connectivity index (χ3n) is 0.249. The van der Waals surface area contributed by atoms with Gasteiger partial charge in [0.1, 0.15) is 0 Å². The van der Waals surface area contributed by atoms with Gasteiger partial charge in [0.25, 0.3) is 0 Å². The van der Waals surface area contributed by atoms with Gasteiger partial charge in [-0.3, -0.25) is 0 Å². The van der Waals surface area contributed by atoms with Gasteiger partial charge in [-0.25, -0.2) is 0 Å². The van der Waals surface area contributed by atoms with E-state index in [4.69, 9.17) is 6.42 Å². The van der Waals surface area contributed by atoms with Crippen molar-refractivity contribution in [2.45, 2.75) is 0 Å². The van der Waals surface area contributed by atoms with E-state index in [1.165, 1.54) is 0 Å². The van der Waals surface area contributed by atoms with Crippen molar-refractivity contribution in [3.63, 3.8) is 0 Å². The lowest BCUT2D eigenvalue weighted by atomic mass is 10.6. The molecule has 0 spiro atoms. The van der Waals surface area contributed by atoms with E-state index in [-0.39, 0.29) is 0 Å². The molecule has 30 valence electrons. The van der Waals surface area contributed by atoms with Crippen LogP contribution in [0.3, 0.4) is 0 Å². The molecule has 6 heavy (non-hydrogen) atoms. The van der Waals surface area contributed by atoms with Crippen molar-refractivity contribution in [1.29, 1.82) is 0 Å². The predicted molar refractivity (Wildman–Crippen MR) is 29.8 cm³/mol. The van der Waals surface area contributed by atoms with E-state index >= 15 is 0 Å². The van der Waals surface area contributed by atoms with Crippen molar-refractivity contribution in [2.24, 2.45) is 0 Å². The number of terminal acetylenes is 1. The molecule has 0 aromatic rings. The summed E-state index contributed by atoms with van der Waals surface area (Å²) in [6.45, 7) is 0. The second kappa shape index (κ2) is 4.55. The van der Waals surface area contributed by atoms with Crippen LogP contribution in [0.5, 0.6) is 0 Å². The summed E-state index contributed by atoms with van der Waals surface area (Å²) >= 11 is 0. The summed E-state index contributed by atoms with van der Waals surface area (Å²) in [6.07, 6.45) is 5.43. The van der Waals surface area contributed by atoms with E-state index in [1.54, 1.807) is 0 Å². The van der Waals surface area contributed by atoms with Gasteiger partial charge in [0.05, 0.1) is 0 Å². The zero-order valence-corrected chi connectivity index (χ0v) is 4.28. The third kappa shape index (κ3) is 3.55. The molecule has 0 amide bonds. The van der Waals surface area contributed by atoms with Crippen molar-refractivity contribution >= 4 is 9.24 Å². The maximum absolute atomic E-state index is 4.77. The van der Waals surface area contributed by atoms with Crippen molar-refractivity contribution in [3.05, 3.63) is 0 Å². The van der Waals surface area contributed by atoms with Crippen LogP contribution in [-0.4, -0.2) is 6.16 Å². The average molecular weight is 95.1 g/mol. The van der Waals surface area contributed by atoms with Crippen LogP contribution in [0.15, 0.2) is 0 Å². The van der Waals surface area contributed by atoms with E-state index < -0.39 is 0 Å². The molecular weight excluding hydrogens is 91.0 g/mol. The van der Waals surface area contributed by atoms with Crippen molar-refractivity contribution in [3.8, 4) is 24.2 Å². The fourth-order valence-electron chi connectivity index (χ4n) is 0.0952. The highest BCUT2D eigenvalue weighted by atomic mass is 31.0. The Kier molecular flexibility index (Phi) is 4.21. The Morgan fingerprint density at radius 1 is 1.67 bits per heavy atom. The number of hydrogen-bond acceptors (Lipinski definition) is 0. The first-order valence-electron chi connectivity index (χ1n) is 1.50. The highest BCUT2D eigenvalue weighted by Crippen LogP contribution is 1.71. The maximum atomic E-state index is 4.77. The zero-order valence-electron chi connectivity index (χ0n) is 3.28. The standard InChI is InChI=1S/C5H4P/c1-2-3-4-5-6/h1,6H,5H2/q-1. The van der Waals surface area contributed by atoms with Crippen LogP contribution in [0.4, 0.5) is 0 Å². The first-order valence-corrected chi connectivity index (χ1v) is 2.20. The minimum atomic E-state index is 0.657. The molecular formula is C5H4P-. The van der Waals surface area contributed by atoms with E-state index in [2.05, 4.69) is 27.0 Å². The monoisotopic (exact) mass is 95.0 g/mol. The van der Waals surface area contributed by atoms with Crippen molar-refractivity contribution < 1.29 is 0 Å². The van der Waals surface area contributed by atoms with Gasteiger partial charge in [-0.1, -0.05) is 0 Å². The minimum absolute atomic E-state index is 0.657. The Balaban J connectivity index is 3.22. The van der Waals surface area contributed by atoms with Crippen LogP contribution >= 0.6 is 9.24 Å². The van der Waals surface area contributed by atoms with Crippen LogP contribution in [0.2, 0.25) is 0 Å². The lowest BCUT2D eigenvalue weighted by Crippen LogP contribution is -1.53. The molecule has 1 heteroatoms. The smallest absolute Gasteiger partial charge is 0.0182 e. The normalized spacial score (nSPS) is 4.67. The molecule has 0 rings (SSSR count). The number of rotatable bonds is 0. The van der Waals surface area contributed by atoms with Crippen LogP contribution in [-0.2, 0) is 0 Å². The second-order valence-corrected chi connectivity index (χ2v) is 0.976. The summed E-state index contributed by atoms with van der Waals surface area (Å²) in [7, 11) is 3.12. The summed E-state index contributed by atoms with van der Waals surface area (Å²) in [4.78, 5) is 0. The molecule has 0 bridgehead atoms. The van der Waals surface area contributed by atoms with E-state index in [0.717, 1.165) is 0 Å². The highest BCUT2D eigenvalue weighted by molar-refractivity contribution is 7.16. The van der Waals surface area contributed by atoms with E-state index in [9.17, 15) is 0 Å². The molecule has 0 aliphatic carbocycles. The van der Waals surface area contributed by atoms with Crippen molar-refractivity contribution in [1.82, 2.24) is 0 Å². The average Bonchev–Trinajstić information content (AvgIpc) is 1.61. The second-order valence-electron chi connectivity index (χ2n) is 0.623. The van der Waals surface area contributed by atoms with Crippen LogP contribution in [0.25, 0.3) is 0 Å². The summed E-state index contributed by atoms with van der Waals surface area (Å²) in [5.41, 5.74) is 0. The summed E-state index contributed by atoms with van der Waals surface area (Å²) in [6, 6.07) is 0. The zero-order chi connectivity index (χ0) is 4.83. The molecule has 0 heterocycles. The van der Waals surface area contributed by atoms with Crippen LogP contribution in [0, 0.1) is 24.2 Å². The predicted octanol–water partition coefficient (Wildman–Crippen LogP) is 0.766. The van der Waals surface area contributed by atoms with Crippen LogP contribution < -0.4 is 0 Å². The molecule has 0 atom stereocenters.